The molecule has 1 heterocycles. The third-order valence-corrected chi connectivity index (χ3v) is 5.96. The quantitative estimate of drug-likeness (QED) is 0.535. The van der Waals surface area contributed by atoms with Crippen LogP contribution in [0.2, 0.25) is 0 Å². The first-order valence-corrected chi connectivity index (χ1v) is 10.1. The van der Waals surface area contributed by atoms with Crippen LogP contribution in [0.5, 0.6) is 0 Å². The van der Waals surface area contributed by atoms with Crippen LogP contribution in [0, 0.1) is 5.92 Å². The maximum absolute atomic E-state index is 12.3. The molecule has 0 fully saturated rings. The van der Waals surface area contributed by atoms with Crippen LogP contribution in [0.4, 0.5) is 0 Å². The van der Waals surface area contributed by atoms with Crippen molar-refractivity contribution in [3.63, 3.8) is 0 Å². The molecule has 0 saturated heterocycles. The Labute approximate surface area is 151 Å². The predicted octanol–water partition coefficient (Wildman–Crippen LogP) is 2.82. The Bertz CT molecular complexity index is 528. The summed E-state index contributed by atoms with van der Waals surface area (Å²) in [6, 6.07) is -0.130. The molecule has 0 spiro atoms. The summed E-state index contributed by atoms with van der Waals surface area (Å²) in [5.74, 6) is -0.296. The van der Waals surface area contributed by atoms with Gasteiger partial charge in [-0.15, -0.1) is 16.1 Å². The van der Waals surface area contributed by atoms with Crippen molar-refractivity contribution in [1.82, 2.24) is 9.71 Å². The first-order valence-electron chi connectivity index (χ1n) is 8.04. The van der Waals surface area contributed by atoms with E-state index in [0.717, 1.165) is 0 Å². The van der Waals surface area contributed by atoms with Gasteiger partial charge in [-0.25, -0.2) is 9.78 Å². The largest absolute Gasteiger partial charge is 0.598 e. The van der Waals surface area contributed by atoms with Gasteiger partial charge in [0, 0.05) is 16.7 Å². The first kappa shape index (κ1) is 21.4. The topological polar surface area (TPSA) is 94.5 Å². The molecule has 0 aliphatic heterocycles. The third-order valence-electron chi connectivity index (χ3n) is 3.39. The summed E-state index contributed by atoms with van der Waals surface area (Å²) >= 11 is 0.00655. The summed E-state index contributed by atoms with van der Waals surface area (Å²) in [5.41, 5.74) is 0.211. The monoisotopic (exact) mass is 376 g/mol. The second-order valence-corrected chi connectivity index (χ2v) is 9.78. The number of hydrogen-bond donors (Lipinski definition) is 2. The molecule has 0 radical (unpaired) electrons. The molecule has 1 rings (SSSR count). The van der Waals surface area contributed by atoms with Gasteiger partial charge in [0.2, 0.25) is 0 Å². The number of nitrogens with zero attached hydrogens (tertiary/aromatic N) is 1. The molecule has 6 nitrogen and oxygen atoms in total. The van der Waals surface area contributed by atoms with Crippen molar-refractivity contribution in [2.24, 2.45) is 5.92 Å². The van der Waals surface area contributed by atoms with Crippen LogP contribution in [0.3, 0.4) is 0 Å². The Kier molecular flexibility index (Phi) is 8.14. The van der Waals surface area contributed by atoms with Gasteiger partial charge in [0.1, 0.15) is 15.9 Å². The smallest absolute Gasteiger partial charge is 0.357 e. The third kappa shape index (κ3) is 6.33. The summed E-state index contributed by atoms with van der Waals surface area (Å²) in [6.45, 7) is 11.7. The second-order valence-electron chi connectivity index (χ2n) is 6.89. The maximum Gasteiger partial charge on any atom is 0.357 e. The van der Waals surface area contributed by atoms with Gasteiger partial charge in [0.25, 0.3) is 0 Å². The lowest BCUT2D eigenvalue weighted by atomic mass is 9.99. The minimum atomic E-state index is -1.22. The molecule has 0 aromatic carbocycles. The summed E-state index contributed by atoms with van der Waals surface area (Å²) in [7, 11) is 0. The van der Waals surface area contributed by atoms with Gasteiger partial charge in [-0.3, -0.25) is 0 Å². The minimum absolute atomic E-state index is 0.130. The van der Waals surface area contributed by atoms with E-state index in [2.05, 4.69) is 9.71 Å². The average molecular weight is 377 g/mol. The van der Waals surface area contributed by atoms with Crippen molar-refractivity contribution < 1.29 is 19.2 Å². The summed E-state index contributed by atoms with van der Waals surface area (Å²) in [5, 5.41) is 12.5. The van der Waals surface area contributed by atoms with Crippen LogP contribution in [0.25, 0.3) is 0 Å². The lowest BCUT2D eigenvalue weighted by Gasteiger charge is -2.30. The fourth-order valence-electron chi connectivity index (χ4n) is 1.85. The minimum Gasteiger partial charge on any atom is -0.598 e. The van der Waals surface area contributed by atoms with Crippen molar-refractivity contribution in [3.8, 4) is 0 Å². The Morgan fingerprint density at radius 3 is 2.62 bits per heavy atom. The molecular formula is C16H28N2O4S2. The van der Waals surface area contributed by atoms with Crippen molar-refractivity contribution in [1.29, 1.82) is 0 Å². The van der Waals surface area contributed by atoms with Crippen LogP contribution < -0.4 is 4.72 Å². The number of thiazole rings is 1. The van der Waals surface area contributed by atoms with Gasteiger partial charge in [-0.1, -0.05) is 13.8 Å². The van der Waals surface area contributed by atoms with E-state index in [0.29, 0.717) is 11.4 Å². The molecule has 2 unspecified atom stereocenters. The lowest BCUT2D eigenvalue weighted by molar-refractivity contribution is 0.0519. The number of carbonyl (C=O) groups is 1. The standard InChI is InChI=1S/C16H28N2O4S2/c1-7-22-15(20)12-9-23-14(17-12)13(19)8-11(10(2)3)18-24(21)16(4,5)6/h9-11,13,18-19H,7-8H2,1-6H3/t11?,13-,24?/m1/s1. The molecule has 8 heteroatoms. The number of aromatic nitrogens is 1. The maximum atomic E-state index is 12.3. The van der Waals surface area contributed by atoms with Crippen LogP contribution in [0.15, 0.2) is 5.38 Å². The highest BCUT2D eigenvalue weighted by Crippen LogP contribution is 2.26. The van der Waals surface area contributed by atoms with Crippen LogP contribution in [0.1, 0.15) is 69.6 Å². The highest BCUT2D eigenvalue weighted by Gasteiger charge is 2.32. The lowest BCUT2D eigenvalue weighted by Crippen LogP contribution is -2.47. The van der Waals surface area contributed by atoms with E-state index < -0.39 is 23.4 Å². The van der Waals surface area contributed by atoms with E-state index in [1.807, 2.05) is 34.6 Å². The second kappa shape index (κ2) is 9.15. The number of ether oxygens (including phenoxy) is 1. The van der Waals surface area contributed by atoms with Crippen LogP contribution >= 0.6 is 11.3 Å². The molecule has 24 heavy (non-hydrogen) atoms. The van der Waals surface area contributed by atoms with Crippen molar-refractivity contribution in [2.45, 2.75) is 64.9 Å². The normalized spacial score (nSPS) is 16.0. The highest BCUT2D eigenvalue weighted by molar-refractivity contribution is 7.90. The van der Waals surface area contributed by atoms with Crippen LogP contribution in [-0.2, 0) is 16.1 Å². The SMILES string of the molecule is CCOC(=O)c1csc([C@H](O)CC(N[S+]([O-])C(C)(C)C)C(C)C)n1. The molecule has 0 bridgehead atoms. The van der Waals surface area contributed by atoms with E-state index in [1.165, 1.54) is 11.3 Å². The van der Waals surface area contributed by atoms with Gasteiger partial charge >= 0.3 is 5.97 Å². The van der Waals surface area contributed by atoms with E-state index in [1.54, 1.807) is 12.3 Å². The zero-order valence-electron chi connectivity index (χ0n) is 15.2. The molecule has 2 N–H and O–H groups in total. The van der Waals surface area contributed by atoms with Gasteiger partial charge in [0.05, 0.1) is 12.6 Å². The molecule has 0 saturated carbocycles. The number of esters is 1. The number of carbonyl (C=O) groups excluding carboxylic acids is 1. The molecule has 138 valence electrons. The Balaban J connectivity index is 2.75. The van der Waals surface area contributed by atoms with E-state index in [-0.39, 0.29) is 29.0 Å². The molecule has 0 aliphatic rings. The summed E-state index contributed by atoms with van der Waals surface area (Å²) < 4.78 is 19.9. The van der Waals surface area contributed by atoms with Crippen LogP contribution in [-0.4, -0.2) is 38.0 Å². The summed E-state index contributed by atoms with van der Waals surface area (Å²) in [4.78, 5) is 15.8. The molecule has 0 amide bonds. The van der Waals surface area contributed by atoms with E-state index in [4.69, 9.17) is 4.74 Å². The average Bonchev–Trinajstić information content (AvgIpc) is 2.95. The number of rotatable bonds is 8. The van der Waals surface area contributed by atoms with Gasteiger partial charge in [-0.05, 0) is 40.0 Å². The fraction of sp³-hybridized carbons (Fsp3) is 0.750. The highest BCUT2D eigenvalue weighted by atomic mass is 32.2. The van der Waals surface area contributed by atoms with Gasteiger partial charge < -0.3 is 14.4 Å². The number of hydrogen-bond acceptors (Lipinski definition) is 7. The van der Waals surface area contributed by atoms with Gasteiger partial charge in [0.15, 0.2) is 5.69 Å². The van der Waals surface area contributed by atoms with Crippen molar-refractivity contribution in [3.05, 3.63) is 16.1 Å². The Hall–Kier alpha value is -0.670. The Morgan fingerprint density at radius 2 is 2.12 bits per heavy atom. The fourth-order valence-corrected chi connectivity index (χ4v) is 3.63. The Morgan fingerprint density at radius 1 is 1.50 bits per heavy atom. The van der Waals surface area contributed by atoms with Crippen molar-refractivity contribution >= 4 is 28.7 Å². The molecule has 1 aromatic rings. The molecule has 3 atom stereocenters. The molecular weight excluding hydrogens is 348 g/mol. The van der Waals surface area contributed by atoms with E-state index in [9.17, 15) is 14.5 Å². The van der Waals surface area contributed by atoms with Crippen molar-refractivity contribution in [2.75, 3.05) is 6.61 Å². The molecule has 0 aliphatic carbocycles. The van der Waals surface area contributed by atoms with E-state index >= 15 is 0 Å². The first-order chi connectivity index (χ1) is 11.1. The zero-order chi connectivity index (χ0) is 18.5. The zero-order valence-corrected chi connectivity index (χ0v) is 16.8. The number of aliphatic hydroxyl groups is 1. The number of nitrogens with one attached hydrogen (secondary N) is 1. The number of aliphatic hydroxyl groups excluding tert-OH is 1. The predicted molar refractivity (Wildman–Crippen MR) is 97.3 cm³/mol. The van der Waals surface area contributed by atoms with Gasteiger partial charge in [-0.2, -0.15) is 0 Å². The summed E-state index contributed by atoms with van der Waals surface area (Å²) in [6.07, 6.45) is -0.454. The molecule has 1 aromatic heterocycles.